The molecule has 3 rings (SSSR count). The van der Waals surface area contributed by atoms with Gasteiger partial charge in [-0.3, -0.25) is 0 Å². The van der Waals surface area contributed by atoms with Crippen molar-refractivity contribution in [3.8, 4) is 11.5 Å². The van der Waals surface area contributed by atoms with Crippen LogP contribution in [0.2, 0.25) is 0 Å². The Hall–Kier alpha value is -2.01. The Bertz CT molecular complexity index is 747. The second-order valence-electron chi connectivity index (χ2n) is 5.22. The highest BCUT2D eigenvalue weighted by Crippen LogP contribution is 2.32. The first kappa shape index (κ1) is 18.3. The molecule has 1 aromatic heterocycles. The molecule has 5 heteroatoms. The zero-order chi connectivity index (χ0) is 16.1. The van der Waals surface area contributed by atoms with Gasteiger partial charge in [-0.25, -0.2) is 0 Å². The summed E-state index contributed by atoms with van der Waals surface area (Å²) in [5.41, 5.74) is 9.54. The fraction of sp³-hybridized carbons (Fsp3) is 0.158. The molecule has 0 bridgehead atoms. The number of thiophene rings is 1. The summed E-state index contributed by atoms with van der Waals surface area (Å²) in [5, 5.41) is 4.10. The van der Waals surface area contributed by atoms with Crippen LogP contribution < -0.4 is 15.2 Å². The number of nitrogens with two attached hydrogens (primary N) is 1. The summed E-state index contributed by atoms with van der Waals surface area (Å²) in [4.78, 5) is 0. The number of methoxy groups -OCH3 is 1. The lowest BCUT2D eigenvalue weighted by Crippen LogP contribution is -2.11. The number of ether oxygens (including phenoxy) is 2. The zero-order valence-corrected chi connectivity index (χ0v) is 15.0. The van der Waals surface area contributed by atoms with Crippen molar-refractivity contribution in [1.82, 2.24) is 0 Å². The molecule has 1 atom stereocenters. The van der Waals surface area contributed by atoms with E-state index in [1.165, 1.54) is 0 Å². The predicted octanol–water partition coefficient (Wildman–Crippen LogP) is 4.81. The minimum atomic E-state index is -0.154. The van der Waals surface area contributed by atoms with Crippen molar-refractivity contribution in [2.45, 2.75) is 12.6 Å². The van der Waals surface area contributed by atoms with E-state index < -0.39 is 0 Å². The van der Waals surface area contributed by atoms with Crippen molar-refractivity contribution in [1.29, 1.82) is 0 Å². The van der Waals surface area contributed by atoms with Crippen molar-refractivity contribution in [2.75, 3.05) is 7.11 Å². The molecule has 0 fully saturated rings. The maximum absolute atomic E-state index is 6.31. The zero-order valence-electron chi connectivity index (χ0n) is 13.3. The molecule has 0 saturated heterocycles. The number of hydrogen-bond acceptors (Lipinski definition) is 4. The third kappa shape index (κ3) is 4.29. The van der Waals surface area contributed by atoms with Crippen LogP contribution >= 0.6 is 23.7 Å². The minimum Gasteiger partial charge on any atom is -0.493 e. The second kappa shape index (κ2) is 8.73. The van der Waals surface area contributed by atoms with Crippen molar-refractivity contribution in [3.63, 3.8) is 0 Å². The van der Waals surface area contributed by atoms with E-state index in [4.69, 9.17) is 15.2 Å². The molecule has 2 N–H and O–H groups in total. The molecule has 1 heterocycles. The molecule has 0 spiro atoms. The van der Waals surface area contributed by atoms with Crippen LogP contribution in [0, 0.1) is 0 Å². The van der Waals surface area contributed by atoms with Gasteiger partial charge in [0, 0.05) is 0 Å². The lowest BCUT2D eigenvalue weighted by atomic mass is 10.0. The first-order valence-corrected chi connectivity index (χ1v) is 8.34. The highest BCUT2D eigenvalue weighted by molar-refractivity contribution is 7.08. The largest absolute Gasteiger partial charge is 0.493 e. The molecule has 0 aliphatic heterocycles. The van der Waals surface area contributed by atoms with E-state index in [0.717, 1.165) is 22.4 Å². The van der Waals surface area contributed by atoms with Crippen molar-refractivity contribution in [3.05, 3.63) is 82.0 Å². The van der Waals surface area contributed by atoms with Gasteiger partial charge < -0.3 is 15.2 Å². The quantitative estimate of drug-likeness (QED) is 0.685. The number of benzene rings is 2. The Balaban J connectivity index is 0.00000208. The third-order valence-electron chi connectivity index (χ3n) is 3.69. The van der Waals surface area contributed by atoms with Crippen LogP contribution in [0.3, 0.4) is 0 Å². The van der Waals surface area contributed by atoms with Gasteiger partial charge in [-0.2, -0.15) is 11.3 Å². The van der Waals surface area contributed by atoms with E-state index in [0.29, 0.717) is 12.4 Å². The lowest BCUT2D eigenvalue weighted by molar-refractivity contribution is 0.284. The molecule has 2 aromatic carbocycles. The van der Waals surface area contributed by atoms with E-state index in [1.54, 1.807) is 18.4 Å². The number of rotatable bonds is 6. The molecule has 0 aliphatic rings. The van der Waals surface area contributed by atoms with Crippen LogP contribution in [0.15, 0.2) is 65.4 Å². The van der Waals surface area contributed by atoms with Gasteiger partial charge in [-0.15, -0.1) is 12.4 Å². The molecular weight excluding hydrogens is 342 g/mol. The Morgan fingerprint density at radius 3 is 2.46 bits per heavy atom. The summed E-state index contributed by atoms with van der Waals surface area (Å²) >= 11 is 1.65. The maximum atomic E-state index is 6.31. The van der Waals surface area contributed by atoms with E-state index >= 15 is 0 Å². The Morgan fingerprint density at radius 1 is 1.00 bits per heavy atom. The Labute approximate surface area is 152 Å². The number of hydrogen-bond donors (Lipinski definition) is 1. The smallest absolute Gasteiger partial charge is 0.161 e. The molecule has 0 unspecified atom stereocenters. The minimum absolute atomic E-state index is 0. The summed E-state index contributed by atoms with van der Waals surface area (Å²) in [5.74, 6) is 1.42. The average Bonchev–Trinajstić information content (AvgIpc) is 3.14. The fourth-order valence-corrected chi connectivity index (χ4v) is 3.07. The standard InChI is InChI=1S/C19H19NO2S.ClH/c1-21-18-11-15(19(20)16-9-10-23-13-16)7-8-17(18)22-12-14-5-3-2-4-6-14;/h2-11,13,19H,12,20H2,1H3;1H/t19-;/m0./s1. The first-order chi connectivity index (χ1) is 11.3. The molecule has 3 nitrogen and oxygen atoms in total. The summed E-state index contributed by atoms with van der Waals surface area (Å²) in [7, 11) is 1.64. The van der Waals surface area contributed by atoms with E-state index in [1.807, 2.05) is 60.0 Å². The van der Waals surface area contributed by atoms with Gasteiger partial charge in [-0.05, 0) is 45.6 Å². The van der Waals surface area contributed by atoms with Crippen LogP contribution in [0.4, 0.5) is 0 Å². The average molecular weight is 362 g/mol. The lowest BCUT2D eigenvalue weighted by Gasteiger charge is -2.15. The molecule has 126 valence electrons. The molecule has 3 aromatic rings. The molecule has 24 heavy (non-hydrogen) atoms. The Morgan fingerprint density at radius 2 is 1.79 bits per heavy atom. The highest BCUT2D eigenvalue weighted by atomic mass is 35.5. The van der Waals surface area contributed by atoms with Gasteiger partial charge in [0.25, 0.3) is 0 Å². The van der Waals surface area contributed by atoms with Gasteiger partial charge in [0.2, 0.25) is 0 Å². The summed E-state index contributed by atoms with van der Waals surface area (Å²) < 4.78 is 11.3. The van der Waals surface area contributed by atoms with Gasteiger partial charge in [0.05, 0.1) is 13.2 Å². The van der Waals surface area contributed by atoms with E-state index in [-0.39, 0.29) is 18.4 Å². The molecule has 0 radical (unpaired) electrons. The van der Waals surface area contributed by atoms with Gasteiger partial charge in [0.15, 0.2) is 11.5 Å². The third-order valence-corrected chi connectivity index (χ3v) is 4.39. The van der Waals surface area contributed by atoms with Crippen LogP contribution in [0.25, 0.3) is 0 Å². The highest BCUT2D eigenvalue weighted by Gasteiger charge is 2.13. The topological polar surface area (TPSA) is 44.5 Å². The van der Waals surface area contributed by atoms with E-state index in [9.17, 15) is 0 Å². The molecule has 0 amide bonds. The van der Waals surface area contributed by atoms with Crippen LogP contribution in [0.5, 0.6) is 11.5 Å². The van der Waals surface area contributed by atoms with E-state index in [2.05, 4.69) is 5.38 Å². The van der Waals surface area contributed by atoms with Crippen LogP contribution in [-0.2, 0) is 6.61 Å². The SMILES string of the molecule is COc1cc([C@H](N)c2ccsc2)ccc1OCc1ccccc1.Cl. The second-order valence-corrected chi connectivity index (χ2v) is 6.00. The fourth-order valence-electron chi connectivity index (χ4n) is 2.38. The summed E-state index contributed by atoms with van der Waals surface area (Å²) in [6.45, 7) is 0.507. The maximum Gasteiger partial charge on any atom is 0.161 e. The van der Waals surface area contributed by atoms with Crippen LogP contribution in [0.1, 0.15) is 22.7 Å². The molecule has 0 aliphatic carbocycles. The van der Waals surface area contributed by atoms with Gasteiger partial charge >= 0.3 is 0 Å². The first-order valence-electron chi connectivity index (χ1n) is 7.40. The predicted molar refractivity (Wildman–Crippen MR) is 101 cm³/mol. The van der Waals surface area contributed by atoms with Gasteiger partial charge in [0.1, 0.15) is 6.61 Å². The molecule has 0 saturated carbocycles. The van der Waals surface area contributed by atoms with Crippen molar-refractivity contribution >= 4 is 23.7 Å². The monoisotopic (exact) mass is 361 g/mol. The van der Waals surface area contributed by atoms with Crippen LogP contribution in [-0.4, -0.2) is 7.11 Å². The summed E-state index contributed by atoms with van der Waals surface area (Å²) in [6.07, 6.45) is 0. The van der Waals surface area contributed by atoms with Crippen molar-refractivity contribution in [2.24, 2.45) is 5.73 Å². The normalized spacial score (nSPS) is 11.4. The van der Waals surface area contributed by atoms with Crippen molar-refractivity contribution < 1.29 is 9.47 Å². The number of halogens is 1. The van der Waals surface area contributed by atoms with Gasteiger partial charge in [-0.1, -0.05) is 36.4 Å². The Kier molecular flexibility index (Phi) is 6.67. The molecular formula is C19H20ClNO2S. The summed E-state index contributed by atoms with van der Waals surface area (Å²) in [6, 6.07) is 17.8.